The van der Waals surface area contributed by atoms with Crippen LogP contribution in [0.15, 0.2) is 24.3 Å². The third kappa shape index (κ3) is 6.54. The summed E-state index contributed by atoms with van der Waals surface area (Å²) in [5, 5.41) is 5.59. The highest BCUT2D eigenvalue weighted by atomic mass is 19.1. The van der Waals surface area contributed by atoms with E-state index in [4.69, 9.17) is 4.74 Å². The van der Waals surface area contributed by atoms with Crippen LogP contribution >= 0.6 is 0 Å². The maximum absolute atomic E-state index is 12.8. The van der Waals surface area contributed by atoms with Crippen LogP contribution in [0.3, 0.4) is 0 Å². The van der Waals surface area contributed by atoms with Crippen LogP contribution in [0.5, 0.6) is 0 Å². The normalized spacial score (nSPS) is 18.9. The standard InChI is InChI=1S/C17H26FN3O2/c1-13(2)11-21-7-8-23-16(12-21)10-20-17(22)19-9-14-3-5-15(18)6-4-14/h3-6,13,16H,7-12H2,1-2H3,(H2,19,20,22). The SMILES string of the molecule is CC(C)CN1CCOC(CNC(=O)NCc2ccc(F)cc2)C1. The molecule has 1 aromatic carbocycles. The number of halogens is 1. The predicted molar refractivity (Wildman–Crippen MR) is 87.7 cm³/mol. The fraction of sp³-hybridized carbons (Fsp3) is 0.588. The Hall–Kier alpha value is -1.66. The molecule has 0 saturated carbocycles. The van der Waals surface area contributed by atoms with Crippen molar-refractivity contribution in [2.45, 2.75) is 26.5 Å². The largest absolute Gasteiger partial charge is 0.374 e. The van der Waals surface area contributed by atoms with E-state index in [0.717, 1.165) is 25.2 Å². The van der Waals surface area contributed by atoms with E-state index < -0.39 is 0 Å². The fourth-order valence-electron chi connectivity index (χ4n) is 2.64. The molecule has 0 aromatic heterocycles. The Balaban J connectivity index is 1.66. The van der Waals surface area contributed by atoms with Gasteiger partial charge in [-0.1, -0.05) is 26.0 Å². The average molecular weight is 323 g/mol. The van der Waals surface area contributed by atoms with E-state index in [1.165, 1.54) is 12.1 Å². The summed E-state index contributed by atoms with van der Waals surface area (Å²) in [6.45, 7) is 8.81. The van der Waals surface area contributed by atoms with Gasteiger partial charge in [0.1, 0.15) is 5.82 Å². The van der Waals surface area contributed by atoms with Crippen molar-refractivity contribution in [3.63, 3.8) is 0 Å². The number of hydrogen-bond acceptors (Lipinski definition) is 3. The van der Waals surface area contributed by atoms with Crippen LogP contribution in [0.2, 0.25) is 0 Å². The molecule has 2 amide bonds. The summed E-state index contributed by atoms with van der Waals surface area (Å²) in [7, 11) is 0. The van der Waals surface area contributed by atoms with E-state index in [9.17, 15) is 9.18 Å². The molecule has 6 heteroatoms. The maximum atomic E-state index is 12.8. The van der Waals surface area contributed by atoms with Gasteiger partial charge in [0.15, 0.2) is 0 Å². The zero-order chi connectivity index (χ0) is 16.7. The van der Waals surface area contributed by atoms with Crippen LogP contribution in [0.1, 0.15) is 19.4 Å². The quantitative estimate of drug-likeness (QED) is 0.842. The summed E-state index contributed by atoms with van der Waals surface area (Å²) < 4.78 is 18.5. The van der Waals surface area contributed by atoms with Crippen molar-refractivity contribution in [2.75, 3.05) is 32.8 Å². The second-order valence-corrected chi connectivity index (χ2v) is 6.34. The van der Waals surface area contributed by atoms with Crippen LogP contribution in [-0.4, -0.2) is 49.8 Å². The molecule has 1 atom stereocenters. The first kappa shape index (κ1) is 17.7. The van der Waals surface area contributed by atoms with Gasteiger partial charge in [0.25, 0.3) is 0 Å². The highest BCUT2D eigenvalue weighted by Gasteiger charge is 2.21. The number of amides is 2. The predicted octanol–water partition coefficient (Wildman–Crippen LogP) is 1.98. The minimum Gasteiger partial charge on any atom is -0.374 e. The second kappa shape index (κ2) is 8.84. The Labute approximate surface area is 137 Å². The van der Waals surface area contributed by atoms with Gasteiger partial charge >= 0.3 is 6.03 Å². The number of morpholine rings is 1. The Morgan fingerprint density at radius 2 is 2.09 bits per heavy atom. The summed E-state index contributed by atoms with van der Waals surface area (Å²) >= 11 is 0. The van der Waals surface area contributed by atoms with E-state index in [0.29, 0.717) is 25.6 Å². The lowest BCUT2D eigenvalue weighted by Crippen LogP contribution is -2.49. The Kier molecular flexibility index (Phi) is 6.80. The van der Waals surface area contributed by atoms with Crippen molar-refractivity contribution in [2.24, 2.45) is 5.92 Å². The molecule has 2 rings (SSSR count). The number of carbonyl (C=O) groups excluding carboxylic acids is 1. The van der Waals surface area contributed by atoms with Crippen LogP contribution in [0.4, 0.5) is 9.18 Å². The van der Waals surface area contributed by atoms with Gasteiger partial charge in [-0.05, 0) is 23.6 Å². The first-order valence-corrected chi connectivity index (χ1v) is 8.13. The van der Waals surface area contributed by atoms with E-state index >= 15 is 0 Å². The fourth-order valence-corrected chi connectivity index (χ4v) is 2.64. The van der Waals surface area contributed by atoms with E-state index in [2.05, 4.69) is 29.4 Å². The zero-order valence-corrected chi connectivity index (χ0v) is 13.8. The molecule has 23 heavy (non-hydrogen) atoms. The highest BCUT2D eigenvalue weighted by Crippen LogP contribution is 2.07. The van der Waals surface area contributed by atoms with Crippen molar-refractivity contribution in [3.8, 4) is 0 Å². The zero-order valence-electron chi connectivity index (χ0n) is 13.8. The minimum absolute atomic E-state index is 0.0269. The molecule has 2 N–H and O–H groups in total. The molecule has 1 aliphatic rings. The smallest absolute Gasteiger partial charge is 0.315 e. The van der Waals surface area contributed by atoms with Gasteiger partial charge in [-0.15, -0.1) is 0 Å². The lowest BCUT2D eigenvalue weighted by Gasteiger charge is -2.33. The number of hydrogen-bond donors (Lipinski definition) is 2. The monoisotopic (exact) mass is 323 g/mol. The summed E-state index contributed by atoms with van der Waals surface area (Å²) in [6, 6.07) is 5.84. The molecule has 1 unspecified atom stereocenters. The number of carbonyl (C=O) groups is 1. The van der Waals surface area contributed by atoms with Gasteiger partial charge in [0.2, 0.25) is 0 Å². The molecule has 0 spiro atoms. The van der Waals surface area contributed by atoms with Gasteiger partial charge in [-0.25, -0.2) is 9.18 Å². The molecule has 0 bridgehead atoms. The van der Waals surface area contributed by atoms with Crippen molar-refractivity contribution in [1.29, 1.82) is 0 Å². The molecule has 1 saturated heterocycles. The Morgan fingerprint density at radius 3 is 2.78 bits per heavy atom. The lowest BCUT2D eigenvalue weighted by molar-refractivity contribution is -0.0290. The summed E-state index contributed by atoms with van der Waals surface area (Å²) in [5.74, 6) is 0.347. The van der Waals surface area contributed by atoms with Crippen LogP contribution < -0.4 is 10.6 Å². The highest BCUT2D eigenvalue weighted by molar-refractivity contribution is 5.73. The van der Waals surface area contributed by atoms with Gasteiger partial charge in [0, 0.05) is 32.7 Å². The molecule has 1 heterocycles. The Bertz CT molecular complexity index is 493. The van der Waals surface area contributed by atoms with E-state index in [1.807, 2.05) is 0 Å². The molecular formula is C17H26FN3O2. The molecule has 1 aromatic rings. The first-order chi connectivity index (χ1) is 11.0. The van der Waals surface area contributed by atoms with E-state index in [1.54, 1.807) is 12.1 Å². The molecule has 1 fully saturated rings. The van der Waals surface area contributed by atoms with Gasteiger partial charge in [0.05, 0.1) is 12.7 Å². The van der Waals surface area contributed by atoms with Gasteiger partial charge in [-0.2, -0.15) is 0 Å². The third-order valence-electron chi connectivity index (χ3n) is 3.70. The Morgan fingerprint density at radius 1 is 1.35 bits per heavy atom. The van der Waals surface area contributed by atoms with Gasteiger partial charge in [-0.3, -0.25) is 4.90 Å². The number of ether oxygens (including phenoxy) is 1. The molecule has 0 aliphatic carbocycles. The number of rotatable bonds is 6. The van der Waals surface area contributed by atoms with Crippen molar-refractivity contribution < 1.29 is 13.9 Å². The third-order valence-corrected chi connectivity index (χ3v) is 3.70. The van der Waals surface area contributed by atoms with Crippen molar-refractivity contribution in [1.82, 2.24) is 15.5 Å². The molecule has 5 nitrogen and oxygen atoms in total. The van der Waals surface area contributed by atoms with E-state index in [-0.39, 0.29) is 18.0 Å². The number of nitrogens with zero attached hydrogens (tertiary/aromatic N) is 1. The number of nitrogens with one attached hydrogen (secondary N) is 2. The maximum Gasteiger partial charge on any atom is 0.315 e. The van der Waals surface area contributed by atoms with Crippen molar-refractivity contribution in [3.05, 3.63) is 35.6 Å². The summed E-state index contributed by atoms with van der Waals surface area (Å²) in [5.41, 5.74) is 0.860. The number of benzene rings is 1. The van der Waals surface area contributed by atoms with Crippen LogP contribution in [0.25, 0.3) is 0 Å². The molecular weight excluding hydrogens is 297 g/mol. The molecule has 0 radical (unpaired) electrons. The summed E-state index contributed by atoms with van der Waals surface area (Å²) in [4.78, 5) is 14.2. The molecule has 1 aliphatic heterocycles. The molecule has 128 valence electrons. The van der Waals surface area contributed by atoms with Crippen LogP contribution in [0, 0.1) is 11.7 Å². The average Bonchev–Trinajstić information content (AvgIpc) is 2.52. The van der Waals surface area contributed by atoms with Gasteiger partial charge < -0.3 is 15.4 Å². The van der Waals surface area contributed by atoms with Crippen molar-refractivity contribution >= 4 is 6.03 Å². The summed E-state index contributed by atoms with van der Waals surface area (Å²) in [6.07, 6.45) is 0.0269. The lowest BCUT2D eigenvalue weighted by atomic mass is 10.2. The second-order valence-electron chi connectivity index (χ2n) is 6.34. The number of urea groups is 1. The minimum atomic E-state index is -0.279. The van der Waals surface area contributed by atoms with Crippen LogP contribution in [-0.2, 0) is 11.3 Å². The first-order valence-electron chi connectivity index (χ1n) is 8.13. The topological polar surface area (TPSA) is 53.6 Å².